The van der Waals surface area contributed by atoms with Gasteiger partial charge < -0.3 is 14.2 Å². The van der Waals surface area contributed by atoms with Crippen LogP contribution in [-0.4, -0.2) is 60.0 Å². The van der Waals surface area contributed by atoms with Gasteiger partial charge in [-0.1, -0.05) is 6.08 Å². The van der Waals surface area contributed by atoms with Crippen LogP contribution in [0.3, 0.4) is 0 Å². The number of anilines is 2. The average molecular weight is 733 g/mol. The van der Waals surface area contributed by atoms with E-state index in [4.69, 9.17) is 14.4 Å². The lowest BCUT2D eigenvalue weighted by Crippen LogP contribution is -2.24. The van der Waals surface area contributed by atoms with Crippen molar-refractivity contribution in [1.29, 1.82) is 0 Å². The van der Waals surface area contributed by atoms with E-state index >= 15 is 0 Å². The maximum atomic E-state index is 14.3. The molecule has 272 valence electrons. The molecule has 0 aliphatic carbocycles. The van der Waals surface area contributed by atoms with Crippen LogP contribution in [0.2, 0.25) is 0 Å². The third-order valence-corrected chi connectivity index (χ3v) is 10.1. The van der Waals surface area contributed by atoms with Crippen molar-refractivity contribution in [2.45, 2.75) is 37.8 Å². The average Bonchev–Trinajstić information content (AvgIpc) is 4.04. The van der Waals surface area contributed by atoms with E-state index in [1.54, 1.807) is 33.8 Å². The summed E-state index contributed by atoms with van der Waals surface area (Å²) >= 11 is 0. The summed E-state index contributed by atoms with van der Waals surface area (Å²) in [6.07, 6.45) is 17.2. The van der Waals surface area contributed by atoms with E-state index in [0.29, 0.717) is 34.9 Å². The Hall–Kier alpha value is -6.38. The highest BCUT2D eigenvalue weighted by Crippen LogP contribution is 2.39. The summed E-state index contributed by atoms with van der Waals surface area (Å²) in [5.74, 6) is 0.356. The van der Waals surface area contributed by atoms with Crippen LogP contribution in [0, 0.1) is 23.3 Å². The van der Waals surface area contributed by atoms with Crippen molar-refractivity contribution in [1.82, 2.24) is 34.2 Å². The van der Waals surface area contributed by atoms with Crippen LogP contribution in [0.5, 0.6) is 0 Å². The van der Waals surface area contributed by atoms with Crippen LogP contribution in [0.25, 0.3) is 28.2 Å². The summed E-state index contributed by atoms with van der Waals surface area (Å²) in [6.45, 7) is 2.13. The van der Waals surface area contributed by atoms with Gasteiger partial charge >= 0.3 is 0 Å². The van der Waals surface area contributed by atoms with E-state index in [1.165, 1.54) is 30.7 Å². The van der Waals surface area contributed by atoms with Crippen molar-refractivity contribution in [2.75, 3.05) is 29.4 Å². The highest BCUT2D eigenvalue weighted by molar-refractivity contribution is 6.13. The van der Waals surface area contributed by atoms with Crippen molar-refractivity contribution >= 4 is 34.7 Å². The van der Waals surface area contributed by atoms with Gasteiger partial charge in [-0.05, 0) is 74.2 Å². The molecule has 2 aromatic carbocycles. The maximum Gasteiger partial charge on any atom is 0.181 e. The molecule has 0 N–H and O–H groups in total. The van der Waals surface area contributed by atoms with E-state index in [0.717, 1.165) is 79.1 Å². The topological polar surface area (TPSA) is 105 Å². The molecule has 0 saturated carbocycles. The third kappa shape index (κ3) is 6.14. The van der Waals surface area contributed by atoms with Crippen LogP contribution in [0.15, 0.2) is 101 Å². The van der Waals surface area contributed by atoms with Gasteiger partial charge in [-0.3, -0.25) is 4.99 Å². The SMILES string of the molecule is Fc1ccc(F)c(C2CCCN2c2ccn3ncc(-c4cnco4)c3n2)c1.Fc1ccc(F)c(C2CCCN2c2ccn3ncc(C4=CCN=C4)c3n2)c1. The predicted molar refractivity (Wildman–Crippen MR) is 194 cm³/mol. The smallest absolute Gasteiger partial charge is 0.181 e. The second kappa shape index (κ2) is 13.9. The van der Waals surface area contributed by atoms with Crippen LogP contribution in [0.1, 0.15) is 54.5 Å². The number of oxazole rings is 1. The summed E-state index contributed by atoms with van der Waals surface area (Å²) < 4.78 is 64.7. The van der Waals surface area contributed by atoms with Gasteiger partial charge in [0.05, 0.1) is 42.8 Å². The first-order valence-electron chi connectivity index (χ1n) is 17.6. The van der Waals surface area contributed by atoms with E-state index in [9.17, 15) is 17.6 Å². The zero-order valence-corrected chi connectivity index (χ0v) is 28.7. The molecular formula is C39H32F4N10O. The molecule has 11 nitrogen and oxygen atoms in total. The Morgan fingerprint density at radius 3 is 1.78 bits per heavy atom. The van der Waals surface area contributed by atoms with Gasteiger partial charge in [-0.15, -0.1) is 0 Å². The first-order chi connectivity index (χ1) is 26.4. The normalized spacial score (nSPS) is 18.2. The minimum absolute atomic E-state index is 0.228. The highest BCUT2D eigenvalue weighted by atomic mass is 19.1. The Morgan fingerprint density at radius 1 is 0.667 bits per heavy atom. The lowest BCUT2D eigenvalue weighted by atomic mass is 10.0. The molecule has 3 aliphatic rings. The molecule has 0 spiro atoms. The zero-order chi connectivity index (χ0) is 36.8. The minimum atomic E-state index is -0.440. The van der Waals surface area contributed by atoms with Crippen LogP contribution < -0.4 is 9.80 Å². The van der Waals surface area contributed by atoms with Gasteiger partial charge in [0.2, 0.25) is 0 Å². The standard InChI is InChI=1S/C20H17F2N5.C19H15F2N5O/c21-14-3-4-17(22)15(10-14)18-2-1-8-26(18)19-6-9-27-20(25-19)16(12-24-27)13-5-7-23-11-13;20-12-3-4-15(21)13(8-12)16-2-1-6-25(16)18-5-7-26-19(24-18)14(9-23-26)17-10-22-11-27-17/h3-6,9-12,18H,1-2,7-8H2;3-5,7-11,16H,1-2,6H2. The Morgan fingerprint density at radius 2 is 1.24 bits per heavy atom. The molecule has 7 aromatic rings. The highest BCUT2D eigenvalue weighted by Gasteiger charge is 2.31. The number of halogens is 4. The third-order valence-electron chi connectivity index (χ3n) is 10.1. The van der Waals surface area contributed by atoms with Crippen molar-refractivity contribution in [3.8, 4) is 11.3 Å². The monoisotopic (exact) mass is 732 g/mol. The van der Waals surface area contributed by atoms with Crippen molar-refractivity contribution in [3.05, 3.63) is 132 Å². The number of allylic oxidation sites excluding steroid dienone is 1. The van der Waals surface area contributed by atoms with Crippen molar-refractivity contribution < 1.29 is 22.0 Å². The van der Waals surface area contributed by atoms with Crippen LogP contribution in [0.4, 0.5) is 29.2 Å². The zero-order valence-electron chi connectivity index (χ0n) is 28.7. The van der Waals surface area contributed by atoms with E-state index in [1.807, 2.05) is 40.4 Å². The lowest BCUT2D eigenvalue weighted by molar-refractivity contribution is 0.560. The number of benzene rings is 2. The minimum Gasteiger partial charge on any atom is -0.443 e. The van der Waals surface area contributed by atoms with Gasteiger partial charge in [-0.25, -0.2) is 41.5 Å². The molecule has 3 aliphatic heterocycles. The molecule has 2 unspecified atom stereocenters. The molecule has 2 atom stereocenters. The molecule has 15 heteroatoms. The van der Waals surface area contributed by atoms with Crippen LogP contribution >= 0.6 is 0 Å². The number of aromatic nitrogens is 7. The molecule has 0 amide bonds. The van der Waals surface area contributed by atoms with Gasteiger partial charge in [0.15, 0.2) is 23.4 Å². The number of hydrogen-bond donors (Lipinski definition) is 0. The fraction of sp³-hybridized carbons (Fsp3) is 0.231. The summed E-state index contributed by atoms with van der Waals surface area (Å²) in [6, 6.07) is 10.4. The summed E-state index contributed by atoms with van der Waals surface area (Å²) in [4.78, 5) is 21.7. The first kappa shape index (κ1) is 33.5. The Kier molecular flexibility index (Phi) is 8.60. The molecule has 0 radical (unpaired) electrons. The lowest BCUT2D eigenvalue weighted by Gasteiger charge is -2.26. The van der Waals surface area contributed by atoms with E-state index in [-0.39, 0.29) is 17.9 Å². The van der Waals surface area contributed by atoms with Crippen LogP contribution in [-0.2, 0) is 0 Å². The van der Waals surface area contributed by atoms with Gasteiger partial charge in [-0.2, -0.15) is 10.2 Å². The summed E-state index contributed by atoms with van der Waals surface area (Å²) in [7, 11) is 0. The molecule has 5 aromatic heterocycles. The largest absolute Gasteiger partial charge is 0.443 e. The molecule has 2 saturated heterocycles. The molecule has 0 bridgehead atoms. The summed E-state index contributed by atoms with van der Waals surface area (Å²) in [5.41, 5.74) is 4.75. The number of fused-ring (bicyclic) bond motifs is 2. The maximum absolute atomic E-state index is 14.3. The molecular weight excluding hydrogens is 700 g/mol. The fourth-order valence-electron chi connectivity index (χ4n) is 7.57. The van der Waals surface area contributed by atoms with E-state index in [2.05, 4.69) is 20.2 Å². The number of aliphatic imine (C=N–C) groups is 1. The molecule has 2 fully saturated rings. The quantitative estimate of drug-likeness (QED) is 0.160. The van der Waals surface area contributed by atoms with Gasteiger partial charge in [0.25, 0.3) is 0 Å². The number of hydrogen-bond acceptors (Lipinski definition) is 9. The van der Waals surface area contributed by atoms with Gasteiger partial charge in [0, 0.05) is 54.0 Å². The second-order valence-electron chi connectivity index (χ2n) is 13.3. The molecule has 8 heterocycles. The Balaban J connectivity index is 0.000000142. The van der Waals surface area contributed by atoms with Crippen molar-refractivity contribution in [2.24, 2.45) is 4.99 Å². The fourth-order valence-corrected chi connectivity index (χ4v) is 7.57. The van der Waals surface area contributed by atoms with E-state index < -0.39 is 17.5 Å². The Bertz CT molecular complexity index is 2550. The number of nitrogens with zero attached hydrogens (tertiary/aromatic N) is 10. The summed E-state index contributed by atoms with van der Waals surface area (Å²) in [5, 5.41) is 8.64. The first-order valence-corrected chi connectivity index (χ1v) is 17.6. The second-order valence-corrected chi connectivity index (χ2v) is 13.3. The molecule has 54 heavy (non-hydrogen) atoms. The predicted octanol–water partition coefficient (Wildman–Crippen LogP) is 7.82. The number of rotatable bonds is 6. The Labute approximate surface area is 305 Å². The van der Waals surface area contributed by atoms with Gasteiger partial charge in [0.1, 0.15) is 34.9 Å². The molecule has 10 rings (SSSR count). The van der Waals surface area contributed by atoms with Crippen molar-refractivity contribution in [3.63, 3.8) is 0 Å².